The van der Waals surface area contributed by atoms with Crippen LogP contribution in [0.15, 0.2) is 0 Å². The molecule has 88 valence electrons. The Labute approximate surface area is 94.2 Å². The van der Waals surface area contributed by atoms with E-state index in [9.17, 15) is 14.4 Å². The number of carbonyl (C=O) groups is 3. The highest BCUT2D eigenvalue weighted by Gasteiger charge is 2.36. The van der Waals surface area contributed by atoms with E-state index in [4.69, 9.17) is 0 Å². The summed E-state index contributed by atoms with van der Waals surface area (Å²) in [6, 6.07) is -0.568. The second-order valence-electron chi connectivity index (χ2n) is 4.51. The van der Waals surface area contributed by atoms with Gasteiger partial charge >= 0.3 is 17.8 Å². The molecule has 4 amide bonds. The van der Waals surface area contributed by atoms with Crippen molar-refractivity contribution in [2.45, 2.75) is 38.5 Å². The highest BCUT2D eigenvalue weighted by atomic mass is 16.2. The normalized spacial score (nSPS) is 22.0. The molecule has 0 radical (unpaired) electrons. The Kier molecular flexibility index (Phi) is 3.22. The van der Waals surface area contributed by atoms with Crippen molar-refractivity contribution in [3.63, 3.8) is 0 Å². The van der Waals surface area contributed by atoms with Crippen LogP contribution in [0.4, 0.5) is 4.79 Å². The molecule has 2 aliphatic rings. The molecule has 0 aromatic rings. The Morgan fingerprint density at radius 1 is 1.19 bits per heavy atom. The van der Waals surface area contributed by atoms with Crippen LogP contribution in [0.2, 0.25) is 0 Å². The molecule has 1 saturated carbocycles. The first kappa shape index (κ1) is 11.1. The lowest BCUT2D eigenvalue weighted by Crippen LogP contribution is -2.32. The van der Waals surface area contributed by atoms with E-state index in [2.05, 4.69) is 0 Å². The van der Waals surface area contributed by atoms with E-state index in [1.165, 1.54) is 25.7 Å². The Morgan fingerprint density at radius 3 is 2.44 bits per heavy atom. The van der Waals surface area contributed by atoms with E-state index in [0.717, 1.165) is 23.7 Å². The summed E-state index contributed by atoms with van der Waals surface area (Å²) in [6.45, 7) is 0.368. The van der Waals surface area contributed by atoms with E-state index < -0.39 is 17.8 Å². The van der Waals surface area contributed by atoms with Gasteiger partial charge in [0.15, 0.2) is 0 Å². The second kappa shape index (κ2) is 4.63. The topological polar surface area (TPSA) is 66.5 Å². The smallest absolute Gasteiger partial charge is 0.269 e. The Balaban J connectivity index is 1.75. The van der Waals surface area contributed by atoms with Crippen LogP contribution in [0.5, 0.6) is 0 Å². The van der Waals surface area contributed by atoms with E-state index >= 15 is 0 Å². The summed E-state index contributed by atoms with van der Waals surface area (Å²) >= 11 is 0. The van der Waals surface area contributed by atoms with Gasteiger partial charge in [0.2, 0.25) is 0 Å². The third kappa shape index (κ3) is 2.23. The van der Waals surface area contributed by atoms with Gasteiger partial charge in [-0.25, -0.2) is 4.79 Å². The molecule has 0 atom stereocenters. The van der Waals surface area contributed by atoms with Crippen molar-refractivity contribution < 1.29 is 14.4 Å². The largest absolute Gasteiger partial charge is 0.331 e. The first-order valence-corrected chi connectivity index (χ1v) is 5.85. The third-order valence-electron chi connectivity index (χ3n) is 3.37. The summed E-state index contributed by atoms with van der Waals surface area (Å²) in [5, 5.41) is 1.99. The van der Waals surface area contributed by atoms with Gasteiger partial charge in [0, 0.05) is 6.54 Å². The van der Waals surface area contributed by atoms with Gasteiger partial charge < -0.3 is 0 Å². The van der Waals surface area contributed by atoms with Gasteiger partial charge in [-0.2, -0.15) is 0 Å². The second-order valence-corrected chi connectivity index (χ2v) is 4.51. The molecule has 1 aliphatic heterocycles. The maximum atomic E-state index is 11.2. The van der Waals surface area contributed by atoms with Gasteiger partial charge in [0.05, 0.1) is 0 Å². The van der Waals surface area contributed by atoms with E-state index in [-0.39, 0.29) is 0 Å². The minimum atomic E-state index is -0.800. The molecule has 0 aromatic heterocycles. The fourth-order valence-electron chi connectivity index (χ4n) is 2.47. The van der Waals surface area contributed by atoms with Gasteiger partial charge in [0.1, 0.15) is 0 Å². The molecule has 2 rings (SSSR count). The number of carbonyl (C=O) groups excluding carboxylic acids is 3. The van der Waals surface area contributed by atoms with Crippen molar-refractivity contribution in [2.75, 3.05) is 6.54 Å². The van der Waals surface area contributed by atoms with Crippen LogP contribution in [0.1, 0.15) is 38.5 Å². The molecule has 0 bridgehead atoms. The van der Waals surface area contributed by atoms with Gasteiger partial charge in [-0.15, -0.1) is 0 Å². The SMILES string of the molecule is O=C1NC(=O)N(CCCC2CCCC2)C1=O. The number of urea groups is 1. The number of hydrogen-bond acceptors (Lipinski definition) is 3. The molecular weight excluding hydrogens is 208 g/mol. The molecule has 1 heterocycles. The molecule has 1 saturated heterocycles. The number of rotatable bonds is 4. The van der Waals surface area contributed by atoms with Crippen molar-refractivity contribution in [3.05, 3.63) is 0 Å². The predicted molar refractivity (Wildman–Crippen MR) is 56.4 cm³/mol. The molecule has 0 aromatic carbocycles. The summed E-state index contributed by atoms with van der Waals surface area (Å²) in [7, 11) is 0. The number of hydrogen-bond donors (Lipinski definition) is 1. The highest BCUT2D eigenvalue weighted by Crippen LogP contribution is 2.28. The van der Waals surface area contributed by atoms with Crippen molar-refractivity contribution >= 4 is 17.8 Å². The molecule has 16 heavy (non-hydrogen) atoms. The Morgan fingerprint density at radius 2 is 1.88 bits per heavy atom. The van der Waals surface area contributed by atoms with E-state index in [0.29, 0.717) is 6.54 Å². The number of amides is 4. The van der Waals surface area contributed by atoms with Crippen molar-refractivity contribution in [3.8, 4) is 0 Å². The number of nitrogens with one attached hydrogen (secondary N) is 1. The Bertz CT molecular complexity index is 321. The summed E-state index contributed by atoms with van der Waals surface area (Å²) in [5.74, 6) is -0.765. The van der Waals surface area contributed by atoms with Crippen molar-refractivity contribution in [1.82, 2.24) is 10.2 Å². The monoisotopic (exact) mass is 224 g/mol. The predicted octanol–water partition coefficient (Wildman–Crippen LogP) is 1.04. The third-order valence-corrected chi connectivity index (χ3v) is 3.37. The lowest BCUT2D eigenvalue weighted by Gasteiger charge is -2.13. The van der Waals surface area contributed by atoms with Crippen LogP contribution in [0, 0.1) is 5.92 Å². The molecule has 0 unspecified atom stereocenters. The zero-order chi connectivity index (χ0) is 11.5. The first-order chi connectivity index (χ1) is 7.68. The summed E-state index contributed by atoms with van der Waals surface area (Å²) < 4.78 is 0. The lowest BCUT2D eigenvalue weighted by atomic mass is 10.0. The van der Waals surface area contributed by atoms with Gasteiger partial charge in [-0.05, 0) is 18.8 Å². The fourth-order valence-corrected chi connectivity index (χ4v) is 2.47. The van der Waals surface area contributed by atoms with Crippen LogP contribution >= 0.6 is 0 Å². The first-order valence-electron chi connectivity index (χ1n) is 5.85. The lowest BCUT2D eigenvalue weighted by molar-refractivity contribution is -0.140. The maximum absolute atomic E-state index is 11.2. The minimum absolute atomic E-state index is 0.368. The highest BCUT2D eigenvalue weighted by molar-refractivity contribution is 6.44. The minimum Gasteiger partial charge on any atom is -0.269 e. The van der Waals surface area contributed by atoms with Crippen LogP contribution in [0.25, 0.3) is 0 Å². The zero-order valence-electron chi connectivity index (χ0n) is 9.20. The molecule has 1 N–H and O–H groups in total. The van der Waals surface area contributed by atoms with E-state index in [1.54, 1.807) is 0 Å². The molecule has 0 spiro atoms. The summed E-state index contributed by atoms with van der Waals surface area (Å²) in [6.07, 6.45) is 6.97. The van der Waals surface area contributed by atoms with Gasteiger partial charge in [-0.3, -0.25) is 19.8 Å². The van der Waals surface area contributed by atoms with Crippen LogP contribution < -0.4 is 5.32 Å². The number of imide groups is 2. The molecule has 2 fully saturated rings. The van der Waals surface area contributed by atoms with Crippen molar-refractivity contribution in [1.29, 1.82) is 0 Å². The van der Waals surface area contributed by atoms with Gasteiger partial charge in [-0.1, -0.05) is 25.7 Å². The van der Waals surface area contributed by atoms with Crippen LogP contribution in [-0.4, -0.2) is 29.3 Å². The molecule has 5 heteroatoms. The molecule has 1 aliphatic carbocycles. The Hall–Kier alpha value is -1.39. The van der Waals surface area contributed by atoms with Crippen LogP contribution in [0.3, 0.4) is 0 Å². The maximum Gasteiger partial charge on any atom is 0.331 e. The summed E-state index contributed by atoms with van der Waals surface area (Å²) in [5.41, 5.74) is 0. The fraction of sp³-hybridized carbons (Fsp3) is 0.727. The average Bonchev–Trinajstić information content (AvgIpc) is 2.82. The average molecular weight is 224 g/mol. The number of nitrogens with zero attached hydrogens (tertiary/aromatic N) is 1. The van der Waals surface area contributed by atoms with Gasteiger partial charge in [0.25, 0.3) is 0 Å². The standard InChI is InChI=1S/C11H16N2O3/c14-9-10(15)13(11(16)12-9)7-3-6-8-4-1-2-5-8/h8H,1-7H2,(H,12,14,16). The van der Waals surface area contributed by atoms with Crippen molar-refractivity contribution in [2.24, 2.45) is 5.92 Å². The zero-order valence-corrected chi connectivity index (χ0v) is 9.20. The van der Waals surface area contributed by atoms with Crippen LogP contribution in [-0.2, 0) is 9.59 Å². The van der Waals surface area contributed by atoms with E-state index in [1.807, 2.05) is 5.32 Å². The molecule has 5 nitrogen and oxygen atoms in total. The molecular formula is C11H16N2O3. The quantitative estimate of drug-likeness (QED) is 0.573. The summed E-state index contributed by atoms with van der Waals surface area (Å²) in [4.78, 5) is 34.3.